The SMILES string of the molecule is Cc1cccc(N2C[C@H](c3nc4ccccc4n3CC(C)C)CC2=O)c1C. The molecule has 1 aliphatic rings. The number of nitrogens with zero attached hydrogens (tertiary/aromatic N) is 3. The largest absolute Gasteiger partial charge is 0.327 e. The number of carbonyl (C=O) groups excluding carboxylic acids is 1. The van der Waals surface area contributed by atoms with Gasteiger partial charge in [-0.2, -0.15) is 0 Å². The van der Waals surface area contributed by atoms with Gasteiger partial charge in [0.2, 0.25) is 5.91 Å². The Labute approximate surface area is 160 Å². The Hall–Kier alpha value is -2.62. The quantitative estimate of drug-likeness (QED) is 0.667. The molecule has 2 aromatic carbocycles. The molecule has 1 amide bonds. The Morgan fingerprint density at radius 2 is 1.89 bits per heavy atom. The first kappa shape index (κ1) is 17.8. The smallest absolute Gasteiger partial charge is 0.227 e. The molecule has 1 aliphatic heterocycles. The highest BCUT2D eigenvalue weighted by molar-refractivity contribution is 5.97. The molecule has 1 saturated heterocycles. The van der Waals surface area contributed by atoms with Crippen molar-refractivity contribution in [1.29, 1.82) is 0 Å². The standard InChI is InChI=1S/C23H27N3O/c1-15(2)13-26-21-10-6-5-9-19(21)24-23(26)18-12-22(27)25(14-18)20-11-7-8-16(3)17(20)4/h5-11,15,18H,12-14H2,1-4H3/t18-/m1/s1. The van der Waals surface area contributed by atoms with Crippen molar-refractivity contribution in [3.05, 3.63) is 59.4 Å². The molecule has 0 radical (unpaired) electrons. The second-order valence-electron chi connectivity index (χ2n) is 8.09. The molecule has 4 nitrogen and oxygen atoms in total. The number of hydrogen-bond donors (Lipinski definition) is 0. The number of carbonyl (C=O) groups is 1. The minimum absolute atomic E-state index is 0.128. The molecule has 4 rings (SSSR count). The lowest BCUT2D eigenvalue weighted by atomic mass is 10.1. The van der Waals surface area contributed by atoms with E-state index < -0.39 is 0 Å². The third kappa shape index (κ3) is 3.14. The lowest BCUT2D eigenvalue weighted by Crippen LogP contribution is -2.25. The van der Waals surface area contributed by atoms with Gasteiger partial charge in [0.1, 0.15) is 5.82 Å². The van der Waals surface area contributed by atoms with Crippen LogP contribution in [-0.2, 0) is 11.3 Å². The lowest BCUT2D eigenvalue weighted by Gasteiger charge is -2.20. The van der Waals surface area contributed by atoms with Crippen molar-refractivity contribution < 1.29 is 4.79 Å². The van der Waals surface area contributed by atoms with E-state index in [1.165, 1.54) is 16.6 Å². The average Bonchev–Trinajstić information content (AvgIpc) is 3.18. The lowest BCUT2D eigenvalue weighted by molar-refractivity contribution is -0.117. The van der Waals surface area contributed by atoms with Crippen LogP contribution in [0, 0.1) is 19.8 Å². The van der Waals surface area contributed by atoms with E-state index >= 15 is 0 Å². The van der Waals surface area contributed by atoms with Gasteiger partial charge < -0.3 is 9.47 Å². The van der Waals surface area contributed by atoms with Crippen LogP contribution in [0.2, 0.25) is 0 Å². The maximum absolute atomic E-state index is 12.9. The van der Waals surface area contributed by atoms with Crippen molar-refractivity contribution in [2.75, 3.05) is 11.4 Å². The maximum Gasteiger partial charge on any atom is 0.227 e. The fourth-order valence-corrected chi connectivity index (χ4v) is 4.10. The van der Waals surface area contributed by atoms with Crippen LogP contribution < -0.4 is 4.90 Å². The van der Waals surface area contributed by atoms with Gasteiger partial charge in [-0.1, -0.05) is 38.1 Å². The Morgan fingerprint density at radius 3 is 2.67 bits per heavy atom. The zero-order valence-corrected chi connectivity index (χ0v) is 16.6. The van der Waals surface area contributed by atoms with Crippen LogP contribution in [0.3, 0.4) is 0 Å². The first-order valence-corrected chi connectivity index (χ1v) is 9.77. The third-order valence-electron chi connectivity index (χ3n) is 5.59. The highest BCUT2D eigenvalue weighted by atomic mass is 16.2. The van der Waals surface area contributed by atoms with Crippen molar-refractivity contribution in [3.8, 4) is 0 Å². The zero-order chi connectivity index (χ0) is 19.1. The van der Waals surface area contributed by atoms with Gasteiger partial charge >= 0.3 is 0 Å². The van der Waals surface area contributed by atoms with Gasteiger partial charge in [0.05, 0.1) is 11.0 Å². The van der Waals surface area contributed by atoms with E-state index in [1.54, 1.807) is 0 Å². The number of fused-ring (bicyclic) bond motifs is 1. The molecule has 3 aromatic rings. The molecule has 27 heavy (non-hydrogen) atoms. The third-order valence-corrected chi connectivity index (χ3v) is 5.59. The minimum atomic E-state index is 0.128. The molecule has 1 aromatic heterocycles. The predicted octanol–water partition coefficient (Wildman–Crippen LogP) is 4.83. The normalized spacial score (nSPS) is 17.4. The van der Waals surface area contributed by atoms with Crippen LogP contribution in [0.5, 0.6) is 0 Å². The minimum Gasteiger partial charge on any atom is -0.327 e. The summed E-state index contributed by atoms with van der Waals surface area (Å²) in [5.41, 5.74) is 5.62. The summed E-state index contributed by atoms with van der Waals surface area (Å²) < 4.78 is 2.32. The van der Waals surface area contributed by atoms with Crippen molar-refractivity contribution in [2.24, 2.45) is 5.92 Å². The van der Waals surface area contributed by atoms with Crippen LogP contribution in [0.1, 0.15) is 43.1 Å². The summed E-state index contributed by atoms with van der Waals surface area (Å²) in [6.07, 6.45) is 0.523. The Morgan fingerprint density at radius 1 is 1.11 bits per heavy atom. The average molecular weight is 361 g/mol. The summed E-state index contributed by atoms with van der Waals surface area (Å²) in [5.74, 6) is 1.89. The van der Waals surface area contributed by atoms with Crippen LogP contribution in [0.15, 0.2) is 42.5 Å². The predicted molar refractivity (Wildman–Crippen MR) is 110 cm³/mol. The van der Waals surface area contributed by atoms with Crippen molar-refractivity contribution in [1.82, 2.24) is 9.55 Å². The highest BCUT2D eigenvalue weighted by Crippen LogP contribution is 2.35. The topological polar surface area (TPSA) is 38.1 Å². The van der Waals surface area contributed by atoms with Gasteiger partial charge in [-0.15, -0.1) is 0 Å². The van der Waals surface area contributed by atoms with Gasteiger partial charge in [0.15, 0.2) is 0 Å². The Bertz CT molecular complexity index is 1000. The molecular formula is C23H27N3O. The fourth-order valence-electron chi connectivity index (χ4n) is 4.10. The number of rotatable bonds is 4. The van der Waals surface area contributed by atoms with Crippen molar-refractivity contribution in [2.45, 2.75) is 46.6 Å². The van der Waals surface area contributed by atoms with E-state index in [0.717, 1.165) is 23.6 Å². The monoisotopic (exact) mass is 361 g/mol. The molecule has 0 N–H and O–H groups in total. The molecular weight excluding hydrogens is 334 g/mol. The zero-order valence-electron chi connectivity index (χ0n) is 16.6. The van der Waals surface area contributed by atoms with E-state index in [-0.39, 0.29) is 11.8 Å². The Balaban J connectivity index is 1.73. The molecule has 0 aliphatic carbocycles. The fraction of sp³-hybridized carbons (Fsp3) is 0.391. The number of benzene rings is 2. The number of hydrogen-bond acceptors (Lipinski definition) is 2. The molecule has 4 heteroatoms. The van der Waals surface area contributed by atoms with Crippen molar-refractivity contribution >= 4 is 22.6 Å². The first-order valence-electron chi connectivity index (χ1n) is 9.77. The van der Waals surface area contributed by atoms with E-state index in [0.29, 0.717) is 18.9 Å². The maximum atomic E-state index is 12.9. The molecule has 0 saturated carbocycles. The van der Waals surface area contributed by atoms with Gasteiger partial charge in [-0.25, -0.2) is 4.98 Å². The van der Waals surface area contributed by atoms with E-state index in [1.807, 2.05) is 17.0 Å². The van der Waals surface area contributed by atoms with E-state index in [4.69, 9.17) is 4.98 Å². The van der Waals surface area contributed by atoms with Gasteiger partial charge in [-0.3, -0.25) is 4.79 Å². The van der Waals surface area contributed by atoms with Gasteiger partial charge in [-0.05, 0) is 49.1 Å². The Kier molecular flexibility index (Phi) is 4.50. The number of anilines is 1. The number of aryl methyl sites for hydroxylation is 1. The molecule has 0 unspecified atom stereocenters. The summed E-state index contributed by atoms with van der Waals surface area (Å²) >= 11 is 0. The van der Waals surface area contributed by atoms with Gasteiger partial charge in [0, 0.05) is 31.1 Å². The molecule has 1 atom stereocenters. The van der Waals surface area contributed by atoms with Crippen LogP contribution >= 0.6 is 0 Å². The van der Waals surface area contributed by atoms with Gasteiger partial charge in [0.25, 0.3) is 0 Å². The number of imidazole rings is 1. The number of amides is 1. The summed E-state index contributed by atoms with van der Waals surface area (Å²) in [6, 6.07) is 14.5. The van der Waals surface area contributed by atoms with E-state index in [9.17, 15) is 4.79 Å². The summed E-state index contributed by atoms with van der Waals surface area (Å²) in [6.45, 7) is 10.3. The van der Waals surface area contributed by atoms with Crippen LogP contribution in [0.25, 0.3) is 11.0 Å². The van der Waals surface area contributed by atoms with Crippen molar-refractivity contribution in [3.63, 3.8) is 0 Å². The second-order valence-corrected chi connectivity index (χ2v) is 8.09. The molecule has 1 fully saturated rings. The first-order chi connectivity index (χ1) is 13.0. The second kappa shape index (κ2) is 6.84. The van der Waals surface area contributed by atoms with Crippen LogP contribution in [0.4, 0.5) is 5.69 Å². The number of aromatic nitrogens is 2. The molecule has 0 spiro atoms. The molecule has 2 heterocycles. The van der Waals surface area contributed by atoms with Crippen LogP contribution in [-0.4, -0.2) is 22.0 Å². The molecule has 140 valence electrons. The summed E-state index contributed by atoms with van der Waals surface area (Å²) in [5, 5.41) is 0. The summed E-state index contributed by atoms with van der Waals surface area (Å²) in [4.78, 5) is 19.7. The highest BCUT2D eigenvalue weighted by Gasteiger charge is 2.35. The van der Waals surface area contributed by atoms with E-state index in [2.05, 4.69) is 62.6 Å². The number of para-hydroxylation sites is 2. The molecule has 0 bridgehead atoms. The summed E-state index contributed by atoms with van der Waals surface area (Å²) in [7, 11) is 0.